The molecule has 2 fully saturated rings. The maximum Gasteiger partial charge on any atom is 0.0396 e. The molecule has 2 saturated heterocycles. The monoisotopic (exact) mass is 167 g/mol. The lowest BCUT2D eigenvalue weighted by atomic mass is 9.68. The molecule has 0 aromatic carbocycles. The molecule has 1 radical (unpaired) electrons. The van der Waals surface area contributed by atoms with Gasteiger partial charge in [0.2, 0.25) is 0 Å². The first-order valence-electron chi connectivity index (χ1n) is 5.12. The fourth-order valence-electron chi connectivity index (χ4n) is 2.61. The van der Waals surface area contributed by atoms with Gasteiger partial charge in [-0.2, -0.15) is 0 Å². The van der Waals surface area contributed by atoms with Crippen LogP contribution >= 0.6 is 0 Å². The minimum atomic E-state index is 0.559. The molecular weight excluding hydrogens is 148 g/mol. The van der Waals surface area contributed by atoms with E-state index in [4.69, 9.17) is 0 Å². The van der Waals surface area contributed by atoms with Gasteiger partial charge < -0.3 is 10.6 Å². The van der Waals surface area contributed by atoms with Gasteiger partial charge in [0.25, 0.3) is 0 Å². The van der Waals surface area contributed by atoms with Gasteiger partial charge in [0, 0.05) is 6.04 Å². The molecule has 0 atom stereocenters. The molecule has 69 valence electrons. The summed E-state index contributed by atoms with van der Waals surface area (Å²) in [5.74, 6) is 0. The van der Waals surface area contributed by atoms with Crippen LogP contribution < -0.4 is 10.6 Å². The fraction of sp³-hybridized carbons (Fsp3) is 0.900. The quantitative estimate of drug-likeness (QED) is 0.568. The third-order valence-corrected chi connectivity index (χ3v) is 3.58. The molecule has 1 spiro atoms. The van der Waals surface area contributed by atoms with Gasteiger partial charge >= 0.3 is 0 Å². The molecule has 2 aliphatic rings. The van der Waals surface area contributed by atoms with E-state index >= 15 is 0 Å². The van der Waals surface area contributed by atoms with Crippen molar-refractivity contribution in [3.05, 3.63) is 6.04 Å². The smallest absolute Gasteiger partial charge is 0.0396 e. The second-order valence-corrected chi connectivity index (χ2v) is 4.19. The van der Waals surface area contributed by atoms with Crippen LogP contribution in [0.2, 0.25) is 0 Å². The minimum Gasteiger partial charge on any atom is -0.317 e. The van der Waals surface area contributed by atoms with Crippen LogP contribution in [0.3, 0.4) is 0 Å². The zero-order valence-corrected chi connectivity index (χ0v) is 7.95. The predicted molar refractivity (Wildman–Crippen MR) is 50.7 cm³/mol. The molecule has 2 rings (SSSR count). The summed E-state index contributed by atoms with van der Waals surface area (Å²) in [6, 6.07) is 1.55. The Hall–Kier alpha value is -0.0800. The summed E-state index contributed by atoms with van der Waals surface area (Å²) in [5, 5.41) is 6.97. The molecule has 2 heteroatoms. The van der Waals surface area contributed by atoms with Crippen LogP contribution in [-0.2, 0) is 0 Å². The SMILES string of the molecule is C[C]1NCCCC12CCNCC2. The second kappa shape index (κ2) is 3.35. The average Bonchev–Trinajstić information content (AvgIpc) is 2.12. The van der Waals surface area contributed by atoms with Crippen molar-refractivity contribution in [3.8, 4) is 0 Å². The summed E-state index contributed by atoms with van der Waals surface area (Å²) in [4.78, 5) is 0. The number of nitrogens with one attached hydrogen (secondary N) is 2. The molecule has 0 bridgehead atoms. The number of hydrogen-bond donors (Lipinski definition) is 2. The van der Waals surface area contributed by atoms with E-state index in [2.05, 4.69) is 17.6 Å². The topological polar surface area (TPSA) is 24.1 Å². The van der Waals surface area contributed by atoms with Crippen LogP contribution in [0.15, 0.2) is 0 Å². The lowest BCUT2D eigenvalue weighted by molar-refractivity contribution is 0.156. The Morgan fingerprint density at radius 2 is 1.83 bits per heavy atom. The van der Waals surface area contributed by atoms with E-state index in [0.717, 1.165) is 0 Å². The first-order chi connectivity index (χ1) is 5.83. The highest BCUT2D eigenvalue weighted by molar-refractivity contribution is 5.06. The van der Waals surface area contributed by atoms with Crippen molar-refractivity contribution in [2.75, 3.05) is 19.6 Å². The van der Waals surface area contributed by atoms with E-state index in [9.17, 15) is 0 Å². The Kier molecular flexibility index (Phi) is 2.37. The fourth-order valence-corrected chi connectivity index (χ4v) is 2.61. The summed E-state index contributed by atoms with van der Waals surface area (Å²) in [6.07, 6.45) is 5.45. The van der Waals surface area contributed by atoms with Crippen molar-refractivity contribution in [1.29, 1.82) is 0 Å². The van der Waals surface area contributed by atoms with Crippen molar-refractivity contribution < 1.29 is 0 Å². The second-order valence-electron chi connectivity index (χ2n) is 4.19. The summed E-state index contributed by atoms with van der Waals surface area (Å²) in [6.45, 7) is 5.89. The summed E-state index contributed by atoms with van der Waals surface area (Å²) in [7, 11) is 0. The third kappa shape index (κ3) is 1.38. The standard InChI is InChI=1S/C10H19N2/c1-9-10(3-2-6-12-9)4-7-11-8-5-10/h11-12H,2-8H2,1H3. The first-order valence-corrected chi connectivity index (χ1v) is 5.12. The zero-order chi connectivity index (χ0) is 8.44. The average molecular weight is 167 g/mol. The van der Waals surface area contributed by atoms with Crippen LogP contribution in [0, 0.1) is 11.5 Å². The molecule has 2 aliphatic heterocycles. The third-order valence-electron chi connectivity index (χ3n) is 3.58. The first kappa shape index (κ1) is 8.52. The largest absolute Gasteiger partial charge is 0.317 e. The summed E-state index contributed by atoms with van der Waals surface area (Å²) < 4.78 is 0. The van der Waals surface area contributed by atoms with Crippen LogP contribution in [0.4, 0.5) is 0 Å². The van der Waals surface area contributed by atoms with E-state index in [1.54, 1.807) is 6.04 Å². The van der Waals surface area contributed by atoms with E-state index < -0.39 is 0 Å². The molecule has 0 aromatic heterocycles. The molecule has 0 saturated carbocycles. The number of piperidine rings is 2. The molecule has 12 heavy (non-hydrogen) atoms. The Morgan fingerprint density at radius 3 is 2.50 bits per heavy atom. The van der Waals surface area contributed by atoms with Crippen molar-refractivity contribution in [3.63, 3.8) is 0 Å². The van der Waals surface area contributed by atoms with Gasteiger partial charge in [-0.15, -0.1) is 0 Å². The Labute approximate surface area is 75.1 Å². The van der Waals surface area contributed by atoms with Gasteiger partial charge in [-0.3, -0.25) is 0 Å². The zero-order valence-electron chi connectivity index (χ0n) is 7.95. The van der Waals surface area contributed by atoms with Gasteiger partial charge in [-0.1, -0.05) is 0 Å². The Bertz CT molecular complexity index is 142. The highest BCUT2D eigenvalue weighted by atomic mass is 15.0. The molecule has 0 aromatic rings. The maximum absolute atomic E-state index is 3.53. The summed E-state index contributed by atoms with van der Waals surface area (Å²) in [5.41, 5.74) is 0.559. The molecule has 2 heterocycles. The van der Waals surface area contributed by atoms with Crippen LogP contribution in [0.5, 0.6) is 0 Å². The molecule has 0 unspecified atom stereocenters. The molecule has 2 nitrogen and oxygen atoms in total. The van der Waals surface area contributed by atoms with Gasteiger partial charge in [0.05, 0.1) is 0 Å². The highest BCUT2D eigenvalue weighted by Crippen LogP contribution is 2.43. The van der Waals surface area contributed by atoms with E-state index in [1.807, 2.05) is 0 Å². The molecule has 2 N–H and O–H groups in total. The van der Waals surface area contributed by atoms with Crippen molar-refractivity contribution in [2.45, 2.75) is 32.6 Å². The number of rotatable bonds is 0. The van der Waals surface area contributed by atoms with Gasteiger partial charge in [-0.25, -0.2) is 0 Å². The predicted octanol–water partition coefficient (Wildman–Crippen LogP) is 1.29. The minimum absolute atomic E-state index is 0.559. The molecule has 0 amide bonds. The van der Waals surface area contributed by atoms with Gasteiger partial charge in [0.15, 0.2) is 0 Å². The molecule has 0 aliphatic carbocycles. The van der Waals surface area contributed by atoms with Crippen molar-refractivity contribution in [2.24, 2.45) is 5.41 Å². The van der Waals surface area contributed by atoms with E-state index in [-0.39, 0.29) is 0 Å². The van der Waals surface area contributed by atoms with Gasteiger partial charge in [-0.05, 0) is 57.7 Å². The summed E-state index contributed by atoms with van der Waals surface area (Å²) >= 11 is 0. The van der Waals surface area contributed by atoms with Crippen LogP contribution in [0.25, 0.3) is 0 Å². The highest BCUT2D eigenvalue weighted by Gasteiger charge is 2.39. The van der Waals surface area contributed by atoms with E-state index in [1.165, 1.54) is 45.3 Å². The normalized spacial score (nSPS) is 30.8. The lowest BCUT2D eigenvalue weighted by Crippen LogP contribution is -2.47. The van der Waals surface area contributed by atoms with Crippen molar-refractivity contribution >= 4 is 0 Å². The Balaban J connectivity index is 2.04. The van der Waals surface area contributed by atoms with Crippen LogP contribution in [-0.4, -0.2) is 19.6 Å². The van der Waals surface area contributed by atoms with Crippen LogP contribution in [0.1, 0.15) is 32.6 Å². The van der Waals surface area contributed by atoms with Crippen molar-refractivity contribution in [1.82, 2.24) is 10.6 Å². The molecular formula is C10H19N2. The van der Waals surface area contributed by atoms with Gasteiger partial charge in [0.1, 0.15) is 0 Å². The number of hydrogen-bond acceptors (Lipinski definition) is 2. The Morgan fingerprint density at radius 1 is 1.08 bits per heavy atom. The lowest BCUT2D eigenvalue weighted by Gasteiger charge is -2.45. The van der Waals surface area contributed by atoms with E-state index in [0.29, 0.717) is 5.41 Å². The maximum atomic E-state index is 3.53.